The fraction of sp³-hybridized carbons (Fsp3) is 0.500. The minimum absolute atomic E-state index is 0.216. The maximum atomic E-state index is 11.9. The zero-order chi connectivity index (χ0) is 18.2. The van der Waals surface area contributed by atoms with E-state index < -0.39 is 23.5 Å². The van der Waals surface area contributed by atoms with Crippen LogP contribution in [-0.4, -0.2) is 28.0 Å². The van der Waals surface area contributed by atoms with Gasteiger partial charge < -0.3 is 14.6 Å². The fourth-order valence-electron chi connectivity index (χ4n) is 2.14. The molecule has 0 fully saturated rings. The van der Waals surface area contributed by atoms with Crippen LogP contribution in [0.25, 0.3) is 0 Å². The van der Waals surface area contributed by atoms with Crippen molar-refractivity contribution >= 4 is 17.7 Å². The van der Waals surface area contributed by atoms with Gasteiger partial charge in [-0.2, -0.15) is 4.98 Å². The summed E-state index contributed by atoms with van der Waals surface area (Å²) in [4.78, 5) is 38.9. The second-order valence-corrected chi connectivity index (χ2v) is 4.45. The van der Waals surface area contributed by atoms with Crippen LogP contribution < -0.4 is 11.0 Å². The molecule has 2 rings (SSSR count). The van der Waals surface area contributed by atoms with Gasteiger partial charge >= 0.3 is 11.7 Å². The van der Waals surface area contributed by atoms with E-state index in [2.05, 4.69) is 23.5 Å². The molecule has 0 saturated carbocycles. The van der Waals surface area contributed by atoms with E-state index in [0.29, 0.717) is 5.56 Å². The summed E-state index contributed by atoms with van der Waals surface area (Å²) >= 11 is 0. The summed E-state index contributed by atoms with van der Waals surface area (Å²) < 4.78 is 6.22. The van der Waals surface area contributed by atoms with Gasteiger partial charge in [0.2, 0.25) is 5.91 Å². The number of ether oxygens (including phenoxy) is 1. The van der Waals surface area contributed by atoms with Gasteiger partial charge in [0, 0.05) is 24.7 Å². The Kier molecular flexibility index (Phi) is 8.54. The molecule has 1 aromatic heterocycles. The van der Waals surface area contributed by atoms with Crippen LogP contribution in [0.3, 0.4) is 0 Å². The molecule has 1 amide bonds. The zero-order valence-corrected chi connectivity index (χ0v) is 14.4. The first-order chi connectivity index (χ1) is 11.0. The Morgan fingerprint density at radius 1 is 1.39 bits per heavy atom. The van der Waals surface area contributed by atoms with Crippen molar-refractivity contribution in [2.75, 3.05) is 11.9 Å². The summed E-state index contributed by atoms with van der Waals surface area (Å²) in [6.45, 7) is 13.6. The van der Waals surface area contributed by atoms with Crippen LogP contribution in [-0.2, 0) is 21.4 Å². The molecule has 0 spiro atoms. The highest BCUT2D eigenvalue weighted by Crippen LogP contribution is 2.34. The maximum absolute atomic E-state index is 11.9. The molecule has 2 atom stereocenters. The monoisotopic (exact) mass is 323 g/mol. The third kappa shape index (κ3) is 4.51. The number of rotatable bonds is 2. The number of esters is 1. The average Bonchev–Trinajstić information content (AvgIpc) is 2.54. The fourth-order valence-corrected chi connectivity index (χ4v) is 2.14. The second kappa shape index (κ2) is 9.55. The number of amides is 1. The van der Waals surface area contributed by atoms with Gasteiger partial charge in [-0.1, -0.05) is 20.8 Å². The van der Waals surface area contributed by atoms with Gasteiger partial charge in [0.15, 0.2) is 0 Å². The van der Waals surface area contributed by atoms with Crippen LogP contribution in [0.15, 0.2) is 24.1 Å². The number of carbonyl (C=O) groups excluding carboxylic acids is 2. The van der Waals surface area contributed by atoms with Crippen molar-refractivity contribution in [2.24, 2.45) is 13.0 Å². The highest BCUT2D eigenvalue weighted by Gasteiger charge is 2.40. The van der Waals surface area contributed by atoms with Crippen LogP contribution in [0.4, 0.5) is 5.82 Å². The highest BCUT2D eigenvalue weighted by molar-refractivity contribution is 6.07. The second-order valence-electron chi connectivity index (χ2n) is 4.45. The first kappa shape index (κ1) is 20.6. The molecule has 0 aromatic carbocycles. The molecular formula is C16H25N3O4. The molecule has 1 N–H and O–H groups in total. The number of nitrogens with zero attached hydrogens (tertiary/aromatic N) is 2. The molecule has 1 aliphatic rings. The van der Waals surface area contributed by atoms with Crippen molar-refractivity contribution < 1.29 is 14.3 Å². The number of nitrogens with one attached hydrogen (secondary N) is 1. The predicted molar refractivity (Wildman–Crippen MR) is 89.2 cm³/mol. The van der Waals surface area contributed by atoms with E-state index in [4.69, 9.17) is 4.74 Å². The van der Waals surface area contributed by atoms with Crippen LogP contribution >= 0.6 is 0 Å². The lowest BCUT2D eigenvalue weighted by Gasteiger charge is -2.28. The average molecular weight is 323 g/mol. The lowest BCUT2D eigenvalue weighted by atomic mass is 9.85. The molecule has 7 heteroatoms. The summed E-state index contributed by atoms with van der Waals surface area (Å²) in [7, 11) is 1.57. The third-order valence-electron chi connectivity index (χ3n) is 3.17. The molecule has 7 nitrogen and oxygen atoms in total. The Morgan fingerprint density at radius 3 is 2.48 bits per heavy atom. The maximum Gasteiger partial charge on any atom is 0.349 e. The number of fused-ring (bicyclic) bond motifs is 1. The van der Waals surface area contributed by atoms with E-state index in [1.54, 1.807) is 27.1 Å². The normalized spacial score (nSPS) is 18.2. The molecule has 0 saturated heterocycles. The van der Waals surface area contributed by atoms with Crippen LogP contribution in [0.1, 0.15) is 39.2 Å². The lowest BCUT2D eigenvalue weighted by Crippen LogP contribution is -2.40. The SMILES string of the molecule is C=C.CC.CCOC(=O)C1C(=O)Nc2nc(=O)n(C)cc2C1C. The van der Waals surface area contributed by atoms with Gasteiger partial charge in [0.1, 0.15) is 11.7 Å². The van der Waals surface area contributed by atoms with Crippen molar-refractivity contribution in [2.45, 2.75) is 33.6 Å². The Labute approximate surface area is 136 Å². The standard InChI is InChI=1S/C12H15N3O4.C2H6.C2H4/c1-4-19-11(17)8-6(2)7-5-15(3)12(18)14-9(7)13-10(8)16;2*1-2/h5-6,8H,4H2,1-3H3,(H,13,14,16,18);1-2H3;1-2H2. The summed E-state index contributed by atoms with van der Waals surface area (Å²) in [5.74, 6) is -2.12. The van der Waals surface area contributed by atoms with Crippen LogP contribution in [0.2, 0.25) is 0 Å². The molecular weight excluding hydrogens is 298 g/mol. The quantitative estimate of drug-likeness (QED) is 0.509. The molecule has 0 aliphatic carbocycles. The summed E-state index contributed by atoms with van der Waals surface area (Å²) in [5.41, 5.74) is 0.195. The Bertz CT molecular complexity index is 610. The molecule has 2 heterocycles. The molecule has 1 aliphatic heterocycles. The summed E-state index contributed by atoms with van der Waals surface area (Å²) in [5, 5.41) is 2.48. The number of carbonyl (C=O) groups is 2. The van der Waals surface area contributed by atoms with E-state index in [1.165, 1.54) is 4.57 Å². The number of aryl methyl sites for hydroxylation is 1. The minimum atomic E-state index is -0.910. The first-order valence-corrected chi connectivity index (χ1v) is 7.50. The predicted octanol–water partition coefficient (Wildman–Crippen LogP) is 1.84. The largest absolute Gasteiger partial charge is 0.465 e. The Morgan fingerprint density at radius 2 is 1.96 bits per heavy atom. The zero-order valence-electron chi connectivity index (χ0n) is 14.4. The molecule has 0 radical (unpaired) electrons. The van der Waals surface area contributed by atoms with E-state index in [9.17, 15) is 14.4 Å². The smallest absolute Gasteiger partial charge is 0.349 e. The third-order valence-corrected chi connectivity index (χ3v) is 3.17. The number of hydrogen-bond donors (Lipinski definition) is 1. The van der Waals surface area contributed by atoms with Gasteiger partial charge in [-0.3, -0.25) is 9.59 Å². The molecule has 1 aromatic rings. The lowest BCUT2D eigenvalue weighted by molar-refractivity contribution is -0.151. The van der Waals surface area contributed by atoms with Crippen LogP contribution in [0.5, 0.6) is 0 Å². The summed E-state index contributed by atoms with van der Waals surface area (Å²) in [6.07, 6.45) is 1.58. The number of hydrogen-bond acceptors (Lipinski definition) is 5. The topological polar surface area (TPSA) is 90.3 Å². The molecule has 0 bridgehead atoms. The summed E-state index contributed by atoms with van der Waals surface area (Å²) in [6, 6.07) is 0. The van der Waals surface area contributed by atoms with Gasteiger partial charge in [0.05, 0.1) is 6.61 Å². The van der Waals surface area contributed by atoms with E-state index in [1.807, 2.05) is 13.8 Å². The first-order valence-electron chi connectivity index (χ1n) is 7.50. The number of aromatic nitrogens is 2. The Hall–Kier alpha value is -2.44. The molecule has 128 valence electrons. The van der Waals surface area contributed by atoms with Crippen LogP contribution in [0, 0.1) is 5.92 Å². The van der Waals surface area contributed by atoms with E-state index in [0.717, 1.165) is 0 Å². The molecule has 23 heavy (non-hydrogen) atoms. The van der Waals surface area contributed by atoms with Crippen molar-refractivity contribution in [1.29, 1.82) is 0 Å². The van der Waals surface area contributed by atoms with Crippen molar-refractivity contribution in [3.63, 3.8) is 0 Å². The van der Waals surface area contributed by atoms with Gasteiger partial charge in [0.25, 0.3) is 0 Å². The van der Waals surface area contributed by atoms with Crippen molar-refractivity contribution in [3.05, 3.63) is 35.4 Å². The number of anilines is 1. The van der Waals surface area contributed by atoms with Gasteiger partial charge in [-0.15, -0.1) is 13.2 Å². The highest BCUT2D eigenvalue weighted by atomic mass is 16.5. The van der Waals surface area contributed by atoms with Crippen molar-refractivity contribution in [1.82, 2.24) is 9.55 Å². The van der Waals surface area contributed by atoms with Gasteiger partial charge in [-0.25, -0.2) is 4.79 Å². The molecule has 2 unspecified atom stereocenters. The van der Waals surface area contributed by atoms with E-state index >= 15 is 0 Å². The van der Waals surface area contributed by atoms with Crippen molar-refractivity contribution in [3.8, 4) is 0 Å². The van der Waals surface area contributed by atoms with E-state index in [-0.39, 0.29) is 18.3 Å². The minimum Gasteiger partial charge on any atom is -0.465 e. The Balaban J connectivity index is 0.00000112. The van der Waals surface area contributed by atoms with Gasteiger partial charge in [-0.05, 0) is 6.92 Å².